The van der Waals surface area contributed by atoms with Crippen LogP contribution >= 0.6 is 8.23 Å². The Bertz CT molecular complexity index is 1250. The number of nitrogens with zero attached hydrogens (tertiary/aromatic N) is 3. The number of rotatable bonds is 8. The Morgan fingerprint density at radius 1 is 1.19 bits per heavy atom. The van der Waals surface area contributed by atoms with E-state index in [9.17, 15) is 9.18 Å². The molecule has 0 aliphatic carbocycles. The Morgan fingerprint density at radius 2 is 1.97 bits per heavy atom. The average molecular weight is 458 g/mol. The van der Waals surface area contributed by atoms with Gasteiger partial charge in [0, 0.05) is 42.3 Å². The summed E-state index contributed by atoms with van der Waals surface area (Å²) in [6, 6.07) is 8.58. The van der Waals surface area contributed by atoms with Crippen molar-refractivity contribution in [2.45, 2.75) is 12.6 Å². The molecule has 1 N–H and O–H groups in total. The van der Waals surface area contributed by atoms with Gasteiger partial charge in [-0.25, -0.2) is 27.9 Å². The van der Waals surface area contributed by atoms with Gasteiger partial charge in [-0.2, -0.15) is 0 Å². The smallest absolute Gasteiger partial charge is 0.210 e. The van der Waals surface area contributed by atoms with Crippen LogP contribution < -0.4 is 5.32 Å². The molecule has 6 nitrogen and oxygen atoms in total. The molecule has 0 saturated heterocycles. The van der Waals surface area contributed by atoms with Gasteiger partial charge >= 0.3 is 0 Å². The fourth-order valence-electron chi connectivity index (χ4n) is 3.38. The summed E-state index contributed by atoms with van der Waals surface area (Å²) in [5.41, 5.74) is -0.131. The van der Waals surface area contributed by atoms with Crippen LogP contribution in [0.2, 0.25) is 0 Å². The zero-order chi connectivity index (χ0) is 22.7. The lowest BCUT2D eigenvalue weighted by Crippen LogP contribution is -2.16. The number of hydrogen-bond donors (Lipinski definition) is 1. The maximum Gasteiger partial charge on any atom is 0.210 e. The average Bonchev–Trinajstić information content (AvgIpc) is 3.20. The molecule has 2 atom stereocenters. The number of benzene rings is 2. The molecule has 2 aromatic carbocycles. The molecule has 0 aliphatic rings. The van der Waals surface area contributed by atoms with Crippen molar-refractivity contribution in [3.63, 3.8) is 0 Å². The summed E-state index contributed by atoms with van der Waals surface area (Å²) in [6.07, 6.45) is 3.42. The molecule has 10 heteroatoms. The van der Waals surface area contributed by atoms with Crippen molar-refractivity contribution in [1.29, 1.82) is 0 Å². The van der Waals surface area contributed by atoms with Gasteiger partial charge in [0.2, 0.25) is 12.3 Å². The summed E-state index contributed by atoms with van der Waals surface area (Å²) < 4.78 is 50.7. The van der Waals surface area contributed by atoms with Crippen molar-refractivity contribution in [1.82, 2.24) is 20.3 Å². The highest BCUT2D eigenvalue weighted by Crippen LogP contribution is 2.58. The van der Waals surface area contributed by atoms with Gasteiger partial charge in [-0.05, 0) is 30.7 Å². The number of oxazole rings is 1. The lowest BCUT2D eigenvalue weighted by atomic mass is 9.99. The topological polar surface area (TPSA) is 80.9 Å². The molecule has 2 heterocycles. The number of aryl methyl sites for hydroxylation is 1. The predicted octanol–water partition coefficient (Wildman–Crippen LogP) is 5.07. The molecule has 32 heavy (non-hydrogen) atoms. The SMILES string of the molecule is Cc1ccc(-c2ncccn2)c(C(c2nc3cc(F)ccc3o2)P(F)CCNC=O)c1F. The van der Waals surface area contributed by atoms with Crippen LogP contribution in [0.4, 0.5) is 13.0 Å². The highest BCUT2D eigenvalue weighted by atomic mass is 31.2. The highest BCUT2D eigenvalue weighted by molar-refractivity contribution is 7.52. The second kappa shape index (κ2) is 9.44. The van der Waals surface area contributed by atoms with Gasteiger partial charge in [0.1, 0.15) is 31.0 Å². The second-order valence-electron chi connectivity index (χ2n) is 6.99. The van der Waals surface area contributed by atoms with Crippen molar-refractivity contribution in [2.24, 2.45) is 0 Å². The molecule has 0 radical (unpaired) electrons. The normalized spacial score (nSPS) is 13.1. The minimum atomic E-state index is -2.45. The summed E-state index contributed by atoms with van der Waals surface area (Å²) in [4.78, 5) is 23.3. The van der Waals surface area contributed by atoms with Gasteiger partial charge in [-0.15, -0.1) is 0 Å². The van der Waals surface area contributed by atoms with Gasteiger partial charge in [0.15, 0.2) is 11.4 Å². The van der Waals surface area contributed by atoms with E-state index < -0.39 is 25.5 Å². The van der Waals surface area contributed by atoms with E-state index in [-0.39, 0.29) is 41.1 Å². The maximum absolute atomic E-state index is 15.7. The molecule has 1 amide bonds. The highest BCUT2D eigenvalue weighted by Gasteiger charge is 2.35. The largest absolute Gasteiger partial charge is 0.440 e. The van der Waals surface area contributed by atoms with E-state index in [1.54, 1.807) is 25.1 Å². The third-order valence-corrected chi connectivity index (χ3v) is 6.58. The standard InChI is InChI=1S/C22H18F3N4O2P/c1-13-3-5-15(21-27-7-2-8-28-21)18(19(13)24)20(32(25)10-9-26-12-30)22-29-16-11-14(23)4-6-17(16)31-22/h2-8,11-12,20H,9-10H2,1H3,(H,26,30). The van der Waals surface area contributed by atoms with Crippen molar-refractivity contribution < 1.29 is 22.2 Å². The molecule has 0 saturated carbocycles. The number of fused-ring (bicyclic) bond motifs is 1. The van der Waals surface area contributed by atoms with E-state index in [0.29, 0.717) is 17.5 Å². The van der Waals surface area contributed by atoms with E-state index in [1.165, 1.54) is 30.6 Å². The molecule has 4 aromatic rings. The molecular formula is C22H18F3N4O2P. The van der Waals surface area contributed by atoms with Crippen molar-refractivity contribution in [2.75, 3.05) is 12.7 Å². The van der Waals surface area contributed by atoms with Crippen LogP contribution in [0.3, 0.4) is 0 Å². The Morgan fingerprint density at radius 3 is 2.72 bits per heavy atom. The van der Waals surface area contributed by atoms with Crippen LogP contribution in [0, 0.1) is 18.6 Å². The molecule has 4 rings (SSSR count). The van der Waals surface area contributed by atoms with Gasteiger partial charge in [0.05, 0.1) is 0 Å². The molecule has 0 bridgehead atoms. The van der Waals surface area contributed by atoms with Gasteiger partial charge in [0.25, 0.3) is 0 Å². The Balaban J connectivity index is 1.91. The van der Waals surface area contributed by atoms with E-state index in [2.05, 4.69) is 20.3 Å². The minimum Gasteiger partial charge on any atom is -0.440 e. The Kier molecular flexibility index (Phi) is 6.46. The Hall–Kier alpha value is -3.32. The van der Waals surface area contributed by atoms with E-state index >= 15 is 8.59 Å². The van der Waals surface area contributed by atoms with Gasteiger partial charge in [-0.1, -0.05) is 12.1 Å². The third kappa shape index (κ3) is 4.34. The van der Waals surface area contributed by atoms with Crippen molar-refractivity contribution in [3.05, 3.63) is 77.4 Å². The summed E-state index contributed by atoms with van der Waals surface area (Å²) >= 11 is 0. The first-order chi connectivity index (χ1) is 15.5. The van der Waals surface area contributed by atoms with Crippen LogP contribution in [0.25, 0.3) is 22.5 Å². The maximum atomic E-state index is 15.7. The predicted molar refractivity (Wildman–Crippen MR) is 115 cm³/mol. The summed E-state index contributed by atoms with van der Waals surface area (Å²) in [5, 5.41) is 2.42. The van der Waals surface area contributed by atoms with Crippen LogP contribution in [-0.4, -0.2) is 34.1 Å². The second-order valence-corrected chi connectivity index (χ2v) is 8.76. The van der Waals surface area contributed by atoms with Crippen LogP contribution in [0.5, 0.6) is 0 Å². The molecule has 2 aromatic heterocycles. The molecule has 2 unspecified atom stereocenters. The lowest BCUT2D eigenvalue weighted by Gasteiger charge is -2.22. The lowest BCUT2D eigenvalue weighted by molar-refractivity contribution is -0.109. The van der Waals surface area contributed by atoms with E-state index in [1.807, 2.05) is 0 Å². The third-order valence-electron chi connectivity index (χ3n) is 4.89. The number of amides is 1. The first-order valence-corrected chi connectivity index (χ1v) is 11.2. The van der Waals surface area contributed by atoms with Gasteiger partial charge < -0.3 is 9.73 Å². The fraction of sp³-hybridized carbons (Fsp3) is 0.182. The first kappa shape index (κ1) is 21.9. The number of hydrogen-bond acceptors (Lipinski definition) is 5. The van der Waals surface area contributed by atoms with Crippen molar-refractivity contribution in [3.8, 4) is 11.4 Å². The zero-order valence-corrected chi connectivity index (χ0v) is 17.8. The van der Waals surface area contributed by atoms with Crippen LogP contribution in [-0.2, 0) is 4.79 Å². The minimum absolute atomic E-state index is 0.0166. The van der Waals surface area contributed by atoms with Gasteiger partial charge in [-0.3, -0.25) is 4.79 Å². The number of carbonyl (C=O) groups excluding carboxylic acids is 1. The molecular weight excluding hydrogens is 440 g/mol. The van der Waals surface area contributed by atoms with Crippen molar-refractivity contribution >= 4 is 25.7 Å². The van der Waals surface area contributed by atoms with E-state index in [0.717, 1.165) is 0 Å². The molecule has 0 aliphatic heterocycles. The van der Waals surface area contributed by atoms with Crippen LogP contribution in [0.1, 0.15) is 22.7 Å². The zero-order valence-electron chi connectivity index (χ0n) is 16.9. The first-order valence-electron chi connectivity index (χ1n) is 9.71. The van der Waals surface area contributed by atoms with Crippen LogP contribution in [0.15, 0.2) is 53.2 Å². The quantitative estimate of drug-likeness (QED) is 0.226. The molecule has 0 fully saturated rings. The molecule has 0 spiro atoms. The number of halogens is 3. The van der Waals surface area contributed by atoms with E-state index in [4.69, 9.17) is 4.42 Å². The monoisotopic (exact) mass is 458 g/mol. The Labute approximate surface area is 182 Å². The number of nitrogens with one attached hydrogen (secondary N) is 1. The fourth-order valence-corrected chi connectivity index (χ4v) is 4.86. The molecule has 164 valence electrons. The number of carbonyl (C=O) groups is 1. The summed E-state index contributed by atoms with van der Waals surface area (Å²) in [6.45, 7) is 1.63. The summed E-state index contributed by atoms with van der Waals surface area (Å²) in [5.74, 6) is -0.997. The number of aromatic nitrogens is 3. The summed E-state index contributed by atoms with van der Waals surface area (Å²) in [7, 11) is -2.45.